The monoisotopic (exact) mass is 211 g/mol. The predicted octanol–water partition coefficient (Wildman–Crippen LogP) is 1.07. The van der Waals surface area contributed by atoms with Crippen molar-refractivity contribution in [3.8, 4) is 0 Å². The van der Waals surface area contributed by atoms with E-state index in [0.717, 1.165) is 16.8 Å². The van der Waals surface area contributed by atoms with E-state index in [9.17, 15) is 0 Å². The third-order valence-corrected chi connectivity index (χ3v) is 1.82. The van der Waals surface area contributed by atoms with Gasteiger partial charge in [0.2, 0.25) is 12.4 Å². The van der Waals surface area contributed by atoms with Gasteiger partial charge in [0, 0.05) is 23.4 Å². The molecule has 1 aromatic heterocycles. The summed E-state index contributed by atoms with van der Waals surface area (Å²) in [5.74, 6) is 0. The number of ether oxygens (including phenoxy) is 1. The van der Waals surface area contributed by atoms with Crippen molar-refractivity contribution >= 4 is 0 Å². The van der Waals surface area contributed by atoms with Crippen molar-refractivity contribution in [1.29, 1.82) is 0 Å². The molecule has 0 amide bonds. The van der Waals surface area contributed by atoms with Gasteiger partial charge < -0.3 is 4.74 Å². The van der Waals surface area contributed by atoms with Crippen molar-refractivity contribution in [2.24, 2.45) is 0 Å². The molecule has 0 atom stereocenters. The number of nitrogens with zero attached hydrogens (tertiary/aromatic N) is 1. The Morgan fingerprint density at radius 3 is 2.47 bits per heavy atom. The first-order valence-electron chi connectivity index (χ1n) is 5.01. The lowest BCUT2D eigenvalue weighted by molar-refractivity contribution is -0.904. The molecule has 2 N–H and O–H groups in total. The Labute approximate surface area is 90.5 Å². The number of pyridine rings is 1. The van der Waals surface area contributed by atoms with Crippen molar-refractivity contribution < 1.29 is 14.7 Å². The maximum atomic E-state index is 9.01. The summed E-state index contributed by atoms with van der Waals surface area (Å²) in [5, 5.41) is 12.2. The topological polar surface area (TPSA) is 45.4 Å². The highest BCUT2D eigenvalue weighted by Crippen LogP contribution is 2.04. The van der Waals surface area contributed by atoms with Crippen LogP contribution in [-0.2, 0) is 11.3 Å². The fraction of sp³-hybridized carbons (Fsp3) is 0.545. The van der Waals surface area contributed by atoms with E-state index in [-0.39, 0.29) is 5.60 Å². The lowest BCUT2D eigenvalue weighted by Gasteiger charge is -2.19. The lowest BCUT2D eigenvalue weighted by Crippen LogP contribution is -2.29. The third-order valence-electron chi connectivity index (χ3n) is 1.82. The molecule has 0 radical (unpaired) electrons. The average Bonchev–Trinajstić information content (AvgIpc) is 2.14. The van der Waals surface area contributed by atoms with E-state index < -0.39 is 0 Å². The SMILES string of the molecule is CC(C)(C)OCNCc1cc[n+](O)cc1. The van der Waals surface area contributed by atoms with Gasteiger partial charge in [0.05, 0.1) is 12.3 Å². The molecule has 0 bridgehead atoms. The minimum atomic E-state index is -0.113. The molecule has 0 aliphatic rings. The second-order valence-corrected chi connectivity index (χ2v) is 4.41. The van der Waals surface area contributed by atoms with Gasteiger partial charge in [-0.05, 0) is 26.3 Å². The quantitative estimate of drug-likeness (QED) is 0.339. The highest BCUT2D eigenvalue weighted by atomic mass is 16.5. The van der Waals surface area contributed by atoms with Gasteiger partial charge in [-0.3, -0.25) is 10.5 Å². The number of hydrogen-bond acceptors (Lipinski definition) is 3. The number of aromatic nitrogens is 1. The molecule has 0 aliphatic carbocycles. The standard InChI is InChI=1S/C11H19N2O2/c1-11(2,3)15-9-12-8-10-4-6-13(14)7-5-10/h4-7,12,14H,8-9H2,1-3H3/q+1. The van der Waals surface area contributed by atoms with E-state index in [1.165, 1.54) is 0 Å². The third kappa shape index (κ3) is 5.34. The summed E-state index contributed by atoms with van der Waals surface area (Å²) in [5.41, 5.74) is 0.996. The molecule has 0 fully saturated rings. The van der Waals surface area contributed by atoms with Crippen molar-refractivity contribution in [2.75, 3.05) is 6.73 Å². The first-order valence-corrected chi connectivity index (χ1v) is 5.01. The van der Waals surface area contributed by atoms with Crippen LogP contribution >= 0.6 is 0 Å². The van der Waals surface area contributed by atoms with Crippen LogP contribution in [-0.4, -0.2) is 17.5 Å². The molecule has 15 heavy (non-hydrogen) atoms. The first kappa shape index (κ1) is 11.9. The Hall–Kier alpha value is -1.13. The molecule has 1 heterocycles. The molecule has 0 aromatic carbocycles. The van der Waals surface area contributed by atoms with Crippen LogP contribution in [0.4, 0.5) is 0 Å². The molecular weight excluding hydrogens is 192 g/mol. The van der Waals surface area contributed by atoms with Crippen molar-refractivity contribution in [3.63, 3.8) is 0 Å². The van der Waals surface area contributed by atoms with Gasteiger partial charge in [-0.25, -0.2) is 0 Å². The summed E-state index contributed by atoms with van der Waals surface area (Å²) in [6.45, 7) is 7.32. The fourth-order valence-corrected chi connectivity index (χ4v) is 1.03. The number of nitrogens with one attached hydrogen (secondary N) is 1. The molecule has 84 valence electrons. The molecule has 4 heteroatoms. The molecule has 0 saturated carbocycles. The van der Waals surface area contributed by atoms with Crippen LogP contribution in [0, 0.1) is 0 Å². The van der Waals surface area contributed by atoms with Gasteiger partial charge in [-0.15, -0.1) is 0 Å². The minimum Gasteiger partial charge on any atom is -0.361 e. The zero-order valence-corrected chi connectivity index (χ0v) is 9.53. The van der Waals surface area contributed by atoms with E-state index in [0.29, 0.717) is 6.73 Å². The maximum absolute atomic E-state index is 9.01. The predicted molar refractivity (Wildman–Crippen MR) is 56.4 cm³/mol. The highest BCUT2D eigenvalue weighted by molar-refractivity contribution is 5.06. The van der Waals surface area contributed by atoms with E-state index in [2.05, 4.69) is 5.32 Å². The van der Waals surface area contributed by atoms with Crippen LogP contribution in [0.5, 0.6) is 0 Å². The molecule has 1 rings (SSSR count). The summed E-state index contributed by atoms with van der Waals surface area (Å²) in [6, 6.07) is 3.70. The Bertz CT molecular complexity index is 290. The summed E-state index contributed by atoms with van der Waals surface area (Å²) < 4.78 is 6.53. The van der Waals surface area contributed by atoms with Crippen molar-refractivity contribution in [3.05, 3.63) is 30.1 Å². The number of rotatable bonds is 4. The van der Waals surface area contributed by atoms with Gasteiger partial charge in [0.15, 0.2) is 0 Å². The summed E-state index contributed by atoms with van der Waals surface area (Å²) in [4.78, 5) is 0. The van der Waals surface area contributed by atoms with Crippen molar-refractivity contribution in [1.82, 2.24) is 5.32 Å². The minimum absolute atomic E-state index is 0.113. The van der Waals surface area contributed by atoms with Gasteiger partial charge in [-0.2, -0.15) is 0 Å². The summed E-state index contributed by atoms with van der Waals surface area (Å²) >= 11 is 0. The Morgan fingerprint density at radius 1 is 1.33 bits per heavy atom. The second kappa shape index (κ2) is 5.09. The first-order chi connectivity index (χ1) is 6.97. The van der Waals surface area contributed by atoms with Crippen LogP contribution in [0.1, 0.15) is 26.3 Å². The smallest absolute Gasteiger partial charge is 0.222 e. The van der Waals surface area contributed by atoms with E-state index in [1.54, 1.807) is 12.4 Å². The Kier molecular flexibility index (Phi) is 4.05. The van der Waals surface area contributed by atoms with Crippen LogP contribution < -0.4 is 10.0 Å². The molecular formula is C11H19N2O2+. The molecule has 0 spiro atoms. The van der Waals surface area contributed by atoms with Crippen LogP contribution in [0.2, 0.25) is 0 Å². The van der Waals surface area contributed by atoms with E-state index in [1.807, 2.05) is 32.9 Å². The van der Waals surface area contributed by atoms with Crippen LogP contribution in [0.25, 0.3) is 0 Å². The molecule has 1 aromatic rings. The van der Waals surface area contributed by atoms with E-state index >= 15 is 0 Å². The van der Waals surface area contributed by atoms with Gasteiger partial charge in [0.25, 0.3) is 0 Å². The molecule has 0 unspecified atom stereocenters. The zero-order valence-electron chi connectivity index (χ0n) is 9.53. The highest BCUT2D eigenvalue weighted by Gasteiger charge is 2.08. The van der Waals surface area contributed by atoms with Crippen molar-refractivity contribution in [2.45, 2.75) is 32.9 Å². The lowest BCUT2D eigenvalue weighted by atomic mass is 10.2. The normalized spacial score (nSPS) is 11.7. The van der Waals surface area contributed by atoms with E-state index in [4.69, 9.17) is 9.94 Å². The maximum Gasteiger partial charge on any atom is 0.222 e. The second-order valence-electron chi connectivity index (χ2n) is 4.41. The Balaban J connectivity index is 2.23. The Morgan fingerprint density at radius 2 is 1.93 bits per heavy atom. The number of hydrogen-bond donors (Lipinski definition) is 2. The summed E-state index contributed by atoms with van der Waals surface area (Å²) in [6.07, 6.45) is 3.20. The van der Waals surface area contributed by atoms with Crippen LogP contribution in [0.15, 0.2) is 24.5 Å². The largest absolute Gasteiger partial charge is 0.361 e. The van der Waals surface area contributed by atoms with Gasteiger partial charge in [-0.1, -0.05) is 0 Å². The van der Waals surface area contributed by atoms with Gasteiger partial charge in [0.1, 0.15) is 0 Å². The van der Waals surface area contributed by atoms with Crippen LogP contribution in [0.3, 0.4) is 0 Å². The summed E-state index contributed by atoms with van der Waals surface area (Å²) in [7, 11) is 0. The average molecular weight is 211 g/mol. The molecule has 4 nitrogen and oxygen atoms in total. The molecule has 0 saturated heterocycles. The zero-order chi connectivity index (χ0) is 11.3. The van der Waals surface area contributed by atoms with Gasteiger partial charge >= 0.3 is 0 Å². The fourth-order valence-electron chi connectivity index (χ4n) is 1.03. The molecule has 0 aliphatic heterocycles.